The molecule has 1 aromatic heterocycles. The molecule has 5 nitrogen and oxygen atoms in total. The number of thiophene rings is 1. The molecule has 0 spiro atoms. The highest BCUT2D eigenvalue weighted by Crippen LogP contribution is 2.36. The molecule has 0 unspecified atom stereocenters. The number of allylic oxidation sites excluding steroid dienone is 1. The van der Waals surface area contributed by atoms with Crippen LogP contribution in [0.1, 0.15) is 24.8 Å². The lowest BCUT2D eigenvalue weighted by molar-refractivity contribution is -0.139. The van der Waals surface area contributed by atoms with Gasteiger partial charge >= 0.3 is 12.0 Å². The number of carbonyl (C=O) groups is 2. The van der Waals surface area contributed by atoms with Gasteiger partial charge in [0.25, 0.3) is 0 Å². The van der Waals surface area contributed by atoms with E-state index in [4.69, 9.17) is 4.74 Å². The Morgan fingerprint density at radius 3 is 2.86 bits per heavy atom. The summed E-state index contributed by atoms with van der Waals surface area (Å²) in [6, 6.07) is 3.03. The maximum atomic E-state index is 12.4. The van der Waals surface area contributed by atoms with Crippen LogP contribution in [-0.2, 0) is 9.53 Å². The zero-order valence-electron chi connectivity index (χ0n) is 12.4. The quantitative estimate of drug-likeness (QED) is 0.623. The molecule has 0 radical (unpaired) electrons. The van der Waals surface area contributed by atoms with E-state index in [9.17, 15) is 9.59 Å². The van der Waals surface area contributed by atoms with Gasteiger partial charge in [0, 0.05) is 17.1 Å². The molecule has 22 heavy (non-hydrogen) atoms. The van der Waals surface area contributed by atoms with Crippen LogP contribution in [0.15, 0.2) is 39.8 Å². The topological polar surface area (TPSA) is 58.6 Å². The molecule has 0 fully saturated rings. The minimum atomic E-state index is -0.496. The van der Waals surface area contributed by atoms with Gasteiger partial charge in [-0.25, -0.2) is 9.59 Å². The highest BCUT2D eigenvalue weighted by Gasteiger charge is 2.36. The number of ether oxygens (including phenoxy) is 1. The Morgan fingerprint density at radius 2 is 2.32 bits per heavy atom. The summed E-state index contributed by atoms with van der Waals surface area (Å²) in [5.74, 6) is -0.413. The Balaban J connectivity index is 2.49. The van der Waals surface area contributed by atoms with Gasteiger partial charge in [-0.1, -0.05) is 6.08 Å². The molecule has 118 valence electrons. The van der Waals surface area contributed by atoms with Crippen LogP contribution in [0.2, 0.25) is 0 Å². The number of hydrogen-bond donors (Lipinski definition) is 1. The monoisotopic (exact) mass is 384 g/mol. The lowest BCUT2D eigenvalue weighted by atomic mass is 10.0. The number of rotatable bonds is 5. The number of urea groups is 1. The van der Waals surface area contributed by atoms with Crippen LogP contribution in [0.3, 0.4) is 0 Å². The Hall–Kier alpha value is -1.60. The number of nitrogens with one attached hydrogen (secondary N) is 1. The molecule has 0 saturated carbocycles. The van der Waals surface area contributed by atoms with Gasteiger partial charge in [0.05, 0.1) is 22.0 Å². The largest absolute Gasteiger partial charge is 0.463 e. The molecule has 1 aliphatic heterocycles. The first-order chi connectivity index (χ1) is 10.5. The van der Waals surface area contributed by atoms with E-state index < -0.39 is 12.0 Å². The van der Waals surface area contributed by atoms with E-state index in [0.717, 1.165) is 8.66 Å². The second kappa shape index (κ2) is 7.11. The fourth-order valence-electron chi connectivity index (χ4n) is 2.30. The van der Waals surface area contributed by atoms with Crippen LogP contribution < -0.4 is 5.32 Å². The highest BCUT2D eigenvalue weighted by atomic mass is 79.9. The van der Waals surface area contributed by atoms with E-state index >= 15 is 0 Å². The fraction of sp³-hybridized carbons (Fsp3) is 0.333. The Morgan fingerprint density at radius 1 is 1.59 bits per heavy atom. The first-order valence-corrected chi connectivity index (χ1v) is 8.42. The van der Waals surface area contributed by atoms with Gasteiger partial charge in [0.2, 0.25) is 0 Å². The average molecular weight is 385 g/mol. The van der Waals surface area contributed by atoms with Crippen molar-refractivity contribution in [3.63, 3.8) is 0 Å². The average Bonchev–Trinajstić information content (AvgIpc) is 2.89. The van der Waals surface area contributed by atoms with Crippen LogP contribution in [0, 0.1) is 0 Å². The van der Waals surface area contributed by atoms with Crippen molar-refractivity contribution in [2.45, 2.75) is 19.9 Å². The smallest absolute Gasteiger partial charge is 0.338 e. The molecule has 0 bridgehead atoms. The molecule has 1 aromatic rings. The molecular formula is C15H17BrN2O3S. The van der Waals surface area contributed by atoms with Crippen molar-refractivity contribution in [2.75, 3.05) is 13.2 Å². The minimum absolute atomic E-state index is 0.250. The molecule has 2 amide bonds. The van der Waals surface area contributed by atoms with Gasteiger partial charge in [-0.15, -0.1) is 17.9 Å². The summed E-state index contributed by atoms with van der Waals surface area (Å²) >= 11 is 4.88. The van der Waals surface area contributed by atoms with Gasteiger partial charge in [-0.3, -0.25) is 4.90 Å². The van der Waals surface area contributed by atoms with E-state index in [-0.39, 0.29) is 12.6 Å². The second-order valence-electron chi connectivity index (χ2n) is 4.64. The second-order valence-corrected chi connectivity index (χ2v) is 7.14. The van der Waals surface area contributed by atoms with Gasteiger partial charge in [0.15, 0.2) is 0 Å². The molecule has 1 aliphatic rings. The van der Waals surface area contributed by atoms with Crippen molar-refractivity contribution in [1.29, 1.82) is 0 Å². The number of halogens is 1. The molecule has 7 heteroatoms. The van der Waals surface area contributed by atoms with Crippen LogP contribution in [0.25, 0.3) is 0 Å². The van der Waals surface area contributed by atoms with E-state index in [1.807, 2.05) is 12.1 Å². The van der Waals surface area contributed by atoms with Crippen molar-refractivity contribution in [3.8, 4) is 0 Å². The first kappa shape index (κ1) is 16.8. The minimum Gasteiger partial charge on any atom is -0.463 e. The number of nitrogens with zero attached hydrogens (tertiary/aromatic N) is 1. The van der Waals surface area contributed by atoms with Gasteiger partial charge in [0.1, 0.15) is 0 Å². The standard InChI is InChI=1S/C15H17BrN2O3S/c1-4-8-18-9(3)12(14(19)21-5-2)13(17-15(18)20)10-6-7-11(16)22-10/h4,6-7,13H,1,5,8H2,2-3H3,(H,17,20)/t13-/m1/s1. The Bertz CT molecular complexity index is 638. The molecule has 0 saturated heterocycles. The molecule has 0 aliphatic carbocycles. The summed E-state index contributed by atoms with van der Waals surface area (Å²) in [6.45, 7) is 7.78. The maximum absolute atomic E-state index is 12.4. The molecule has 2 rings (SSSR count). The predicted molar refractivity (Wildman–Crippen MR) is 89.5 cm³/mol. The van der Waals surface area contributed by atoms with Crippen LogP contribution >= 0.6 is 27.3 Å². The maximum Gasteiger partial charge on any atom is 0.338 e. The SMILES string of the molecule is C=CCN1C(=O)N[C@H](c2ccc(Br)s2)C(C(=O)OCC)=C1C. The Kier molecular flexibility index (Phi) is 5.42. The van der Waals surface area contributed by atoms with E-state index in [0.29, 0.717) is 17.8 Å². The zero-order valence-corrected chi connectivity index (χ0v) is 14.8. The van der Waals surface area contributed by atoms with Gasteiger partial charge in [-0.05, 0) is 41.9 Å². The summed E-state index contributed by atoms with van der Waals surface area (Å²) in [5.41, 5.74) is 1.05. The third kappa shape index (κ3) is 3.25. The van der Waals surface area contributed by atoms with Crippen molar-refractivity contribution in [1.82, 2.24) is 10.2 Å². The fourth-order valence-corrected chi connectivity index (χ4v) is 3.79. The number of esters is 1. The Labute approximate surface area is 141 Å². The number of amides is 2. The van der Waals surface area contributed by atoms with Crippen molar-refractivity contribution >= 4 is 39.3 Å². The molecule has 1 atom stereocenters. The summed E-state index contributed by atoms with van der Waals surface area (Å²) in [7, 11) is 0. The predicted octanol–water partition coefficient (Wildman–Crippen LogP) is 3.60. The zero-order chi connectivity index (χ0) is 16.3. The van der Waals surface area contributed by atoms with Crippen LogP contribution in [0.4, 0.5) is 4.79 Å². The first-order valence-electron chi connectivity index (χ1n) is 6.81. The molecule has 2 heterocycles. The van der Waals surface area contributed by atoms with Crippen LogP contribution in [-0.4, -0.2) is 30.1 Å². The van der Waals surface area contributed by atoms with Crippen molar-refractivity contribution in [2.24, 2.45) is 0 Å². The number of hydrogen-bond acceptors (Lipinski definition) is 4. The van der Waals surface area contributed by atoms with E-state index in [1.165, 1.54) is 16.2 Å². The molecule has 0 aromatic carbocycles. The third-order valence-corrected chi connectivity index (χ3v) is 4.97. The summed E-state index contributed by atoms with van der Waals surface area (Å²) in [6.07, 6.45) is 1.62. The van der Waals surface area contributed by atoms with E-state index in [1.54, 1.807) is 19.9 Å². The summed E-state index contributed by atoms with van der Waals surface area (Å²) < 4.78 is 6.10. The number of carbonyl (C=O) groups excluding carboxylic acids is 2. The summed E-state index contributed by atoms with van der Waals surface area (Å²) in [4.78, 5) is 27.0. The molecular weight excluding hydrogens is 368 g/mol. The van der Waals surface area contributed by atoms with Gasteiger partial charge in [-0.2, -0.15) is 0 Å². The van der Waals surface area contributed by atoms with Crippen molar-refractivity contribution < 1.29 is 14.3 Å². The molecule has 1 N–H and O–H groups in total. The highest BCUT2D eigenvalue weighted by molar-refractivity contribution is 9.11. The normalized spacial score (nSPS) is 18.2. The lowest BCUT2D eigenvalue weighted by Gasteiger charge is -2.34. The van der Waals surface area contributed by atoms with E-state index in [2.05, 4.69) is 27.8 Å². The van der Waals surface area contributed by atoms with Gasteiger partial charge < -0.3 is 10.1 Å². The van der Waals surface area contributed by atoms with Crippen molar-refractivity contribution in [3.05, 3.63) is 44.7 Å². The third-order valence-electron chi connectivity index (χ3n) is 3.28. The lowest BCUT2D eigenvalue weighted by Crippen LogP contribution is -2.47. The van der Waals surface area contributed by atoms with Crippen LogP contribution in [0.5, 0.6) is 0 Å². The summed E-state index contributed by atoms with van der Waals surface area (Å²) in [5, 5.41) is 2.87.